The van der Waals surface area contributed by atoms with Gasteiger partial charge in [-0.05, 0) is 48.9 Å². The monoisotopic (exact) mass is 510 g/mol. The second kappa shape index (κ2) is 12.5. The average molecular weight is 511 g/mol. The molecule has 1 N–H and O–H groups in total. The van der Waals surface area contributed by atoms with Gasteiger partial charge in [0.05, 0.1) is 37.4 Å². The summed E-state index contributed by atoms with van der Waals surface area (Å²) in [4.78, 5) is 17.0. The normalized spacial score (nSPS) is 15.8. The summed E-state index contributed by atoms with van der Waals surface area (Å²) in [5, 5.41) is 13.1. The zero-order valence-corrected chi connectivity index (χ0v) is 22.4. The summed E-state index contributed by atoms with van der Waals surface area (Å²) in [7, 11) is 5.18. The third-order valence-electron chi connectivity index (χ3n) is 6.71. The SMILES string of the molecule is COc1ccc(CC(C)CCC(=O)NCC2N(Cc3ccccc3C#N)C=C(C)N2C)c(Cl)c1OC. The number of benzene rings is 2. The first kappa shape index (κ1) is 27.2. The number of halogens is 1. The number of hydrogen-bond acceptors (Lipinski definition) is 6. The van der Waals surface area contributed by atoms with E-state index in [-0.39, 0.29) is 18.0 Å². The van der Waals surface area contributed by atoms with Gasteiger partial charge in [0.2, 0.25) is 5.91 Å². The molecule has 0 saturated heterocycles. The van der Waals surface area contributed by atoms with Gasteiger partial charge in [0.1, 0.15) is 6.17 Å². The minimum atomic E-state index is -0.0105. The van der Waals surface area contributed by atoms with E-state index >= 15 is 0 Å². The molecule has 0 bridgehead atoms. The van der Waals surface area contributed by atoms with Crippen molar-refractivity contribution in [3.05, 3.63) is 70.0 Å². The summed E-state index contributed by atoms with van der Waals surface area (Å²) in [5.74, 6) is 1.43. The number of nitrogens with zero attached hydrogens (tertiary/aromatic N) is 3. The third-order valence-corrected chi connectivity index (χ3v) is 7.12. The maximum absolute atomic E-state index is 12.7. The lowest BCUT2D eigenvalue weighted by molar-refractivity contribution is -0.121. The molecule has 192 valence electrons. The Morgan fingerprint density at radius 1 is 1.19 bits per heavy atom. The summed E-state index contributed by atoms with van der Waals surface area (Å²) in [5.41, 5.74) is 3.73. The van der Waals surface area contributed by atoms with Crippen LogP contribution in [0.1, 0.15) is 43.4 Å². The van der Waals surface area contributed by atoms with Crippen LogP contribution in [-0.4, -0.2) is 49.7 Å². The van der Waals surface area contributed by atoms with E-state index in [1.165, 1.54) is 0 Å². The van der Waals surface area contributed by atoms with E-state index in [1.807, 2.05) is 50.4 Å². The second-order valence-corrected chi connectivity index (χ2v) is 9.61. The van der Waals surface area contributed by atoms with Gasteiger partial charge in [-0.15, -0.1) is 0 Å². The number of rotatable bonds is 11. The molecule has 7 nitrogen and oxygen atoms in total. The maximum atomic E-state index is 12.7. The van der Waals surface area contributed by atoms with Crippen molar-refractivity contribution in [1.29, 1.82) is 5.26 Å². The predicted octanol–water partition coefficient (Wildman–Crippen LogP) is 4.94. The fourth-order valence-electron chi connectivity index (χ4n) is 4.48. The average Bonchev–Trinajstić information content (AvgIpc) is 3.14. The first-order chi connectivity index (χ1) is 17.3. The molecule has 0 aliphatic carbocycles. The van der Waals surface area contributed by atoms with Gasteiger partial charge in [-0.3, -0.25) is 4.79 Å². The number of nitrogens with one attached hydrogen (secondary N) is 1. The van der Waals surface area contributed by atoms with Gasteiger partial charge in [-0.1, -0.05) is 42.8 Å². The third kappa shape index (κ3) is 6.44. The van der Waals surface area contributed by atoms with Gasteiger partial charge in [0.25, 0.3) is 0 Å². The largest absolute Gasteiger partial charge is 0.493 e. The molecule has 2 unspecified atom stereocenters. The fourth-order valence-corrected chi connectivity index (χ4v) is 4.79. The highest BCUT2D eigenvalue weighted by atomic mass is 35.5. The van der Waals surface area contributed by atoms with Gasteiger partial charge in [0, 0.05) is 31.9 Å². The van der Waals surface area contributed by atoms with Crippen molar-refractivity contribution >= 4 is 17.5 Å². The quantitative estimate of drug-likeness (QED) is 0.461. The smallest absolute Gasteiger partial charge is 0.220 e. The zero-order chi connectivity index (χ0) is 26.2. The van der Waals surface area contributed by atoms with Crippen molar-refractivity contribution in [2.45, 2.75) is 45.8 Å². The summed E-state index contributed by atoms with van der Waals surface area (Å²) in [6.45, 7) is 5.27. The van der Waals surface area contributed by atoms with E-state index in [9.17, 15) is 10.1 Å². The standard InChI is InChI=1S/C28H35ClN4O3/c1-19(14-21-11-12-24(35-4)28(36-5)27(21)29)10-13-25(34)31-16-26-32(3)20(2)17-33(26)18-23-9-7-6-8-22(23)15-30/h6-9,11-12,17,19,26H,10,13-14,16,18H2,1-5H3,(H,31,34). The number of allylic oxidation sites excluding steroid dienone is 1. The van der Waals surface area contributed by atoms with Crippen molar-refractivity contribution in [2.24, 2.45) is 5.92 Å². The van der Waals surface area contributed by atoms with Crippen molar-refractivity contribution in [3.8, 4) is 17.6 Å². The number of carbonyl (C=O) groups is 1. The van der Waals surface area contributed by atoms with E-state index < -0.39 is 0 Å². The first-order valence-electron chi connectivity index (χ1n) is 12.1. The van der Waals surface area contributed by atoms with Gasteiger partial charge < -0.3 is 24.6 Å². The molecule has 0 saturated carbocycles. The molecule has 1 heterocycles. The Morgan fingerprint density at radius 2 is 1.94 bits per heavy atom. The molecule has 2 atom stereocenters. The Labute approximate surface area is 219 Å². The van der Waals surface area contributed by atoms with Crippen LogP contribution >= 0.6 is 11.6 Å². The van der Waals surface area contributed by atoms with Crippen LogP contribution in [0.5, 0.6) is 11.5 Å². The molecule has 8 heteroatoms. The first-order valence-corrected chi connectivity index (χ1v) is 12.5. The van der Waals surface area contributed by atoms with E-state index in [1.54, 1.807) is 14.2 Å². The molecule has 36 heavy (non-hydrogen) atoms. The Balaban J connectivity index is 1.52. The number of likely N-dealkylation sites (N-methyl/N-ethyl adjacent to an activating group) is 1. The van der Waals surface area contributed by atoms with Crippen LogP contribution in [-0.2, 0) is 17.8 Å². The molecular formula is C28H35ClN4O3. The Bertz CT molecular complexity index is 1140. The molecule has 0 aromatic heterocycles. The van der Waals surface area contributed by atoms with Crippen molar-refractivity contribution in [3.63, 3.8) is 0 Å². The maximum Gasteiger partial charge on any atom is 0.220 e. The summed E-state index contributed by atoms with van der Waals surface area (Å²) < 4.78 is 10.7. The van der Waals surface area contributed by atoms with Gasteiger partial charge >= 0.3 is 0 Å². The van der Waals surface area contributed by atoms with E-state index in [0.717, 1.165) is 29.7 Å². The van der Waals surface area contributed by atoms with Crippen molar-refractivity contribution in [1.82, 2.24) is 15.1 Å². The van der Waals surface area contributed by atoms with Crippen molar-refractivity contribution < 1.29 is 14.3 Å². The lowest BCUT2D eigenvalue weighted by Crippen LogP contribution is -2.46. The molecule has 0 spiro atoms. The Kier molecular flexibility index (Phi) is 9.49. The van der Waals surface area contributed by atoms with Gasteiger partial charge in [-0.25, -0.2) is 0 Å². The van der Waals surface area contributed by atoms with Crippen LogP contribution in [0, 0.1) is 17.2 Å². The van der Waals surface area contributed by atoms with Crippen molar-refractivity contribution in [2.75, 3.05) is 27.8 Å². The van der Waals surface area contributed by atoms with Crippen LogP contribution in [0.2, 0.25) is 5.02 Å². The van der Waals surface area contributed by atoms with Crippen LogP contribution in [0.3, 0.4) is 0 Å². The number of hydrogen-bond donors (Lipinski definition) is 1. The highest BCUT2D eigenvalue weighted by molar-refractivity contribution is 6.33. The number of ether oxygens (including phenoxy) is 2. The summed E-state index contributed by atoms with van der Waals surface area (Å²) in [6.07, 6.45) is 4.00. The highest BCUT2D eigenvalue weighted by Gasteiger charge is 2.28. The topological polar surface area (TPSA) is 77.8 Å². The molecule has 2 aromatic rings. The molecular weight excluding hydrogens is 476 g/mol. The van der Waals surface area contributed by atoms with Gasteiger partial charge in [-0.2, -0.15) is 5.26 Å². The minimum absolute atomic E-state index is 0.0105. The molecule has 1 aliphatic heterocycles. The highest BCUT2D eigenvalue weighted by Crippen LogP contribution is 2.38. The molecule has 2 aromatic carbocycles. The predicted molar refractivity (Wildman–Crippen MR) is 142 cm³/mol. The number of nitriles is 1. The fraction of sp³-hybridized carbons (Fsp3) is 0.429. The van der Waals surface area contributed by atoms with E-state index in [4.69, 9.17) is 21.1 Å². The summed E-state index contributed by atoms with van der Waals surface area (Å²) in [6, 6.07) is 13.7. The number of carbonyl (C=O) groups excluding carboxylic acids is 1. The number of methoxy groups -OCH3 is 2. The molecule has 1 aliphatic rings. The summed E-state index contributed by atoms with van der Waals surface area (Å²) >= 11 is 6.52. The van der Waals surface area contributed by atoms with Crippen LogP contribution in [0.25, 0.3) is 0 Å². The van der Waals surface area contributed by atoms with E-state index in [0.29, 0.717) is 41.6 Å². The van der Waals surface area contributed by atoms with E-state index in [2.05, 4.69) is 34.3 Å². The zero-order valence-electron chi connectivity index (χ0n) is 21.7. The Hall–Kier alpha value is -3.37. The van der Waals surface area contributed by atoms with Crippen LogP contribution < -0.4 is 14.8 Å². The van der Waals surface area contributed by atoms with Crippen LogP contribution in [0.4, 0.5) is 0 Å². The van der Waals surface area contributed by atoms with Gasteiger partial charge in [0.15, 0.2) is 11.5 Å². The second-order valence-electron chi connectivity index (χ2n) is 9.23. The van der Waals surface area contributed by atoms with Crippen LogP contribution in [0.15, 0.2) is 48.3 Å². The molecule has 1 amide bonds. The molecule has 0 radical (unpaired) electrons. The Morgan fingerprint density at radius 3 is 2.64 bits per heavy atom. The number of amides is 1. The lowest BCUT2D eigenvalue weighted by Gasteiger charge is -2.31. The minimum Gasteiger partial charge on any atom is -0.493 e. The molecule has 3 rings (SSSR count). The molecule has 0 fully saturated rings. The lowest BCUT2D eigenvalue weighted by atomic mass is 9.96.